The second kappa shape index (κ2) is 9.50. The zero-order valence-corrected chi connectivity index (χ0v) is 18.0. The Kier molecular flexibility index (Phi) is 7.07. The van der Waals surface area contributed by atoms with Crippen LogP contribution in [0.2, 0.25) is 0 Å². The van der Waals surface area contributed by atoms with Crippen LogP contribution < -0.4 is 9.47 Å². The predicted octanol–water partition coefficient (Wildman–Crippen LogP) is 4.61. The Morgan fingerprint density at radius 2 is 1.77 bits per heavy atom. The van der Waals surface area contributed by atoms with Crippen molar-refractivity contribution in [1.29, 1.82) is 0 Å². The highest BCUT2D eigenvalue weighted by Gasteiger charge is 2.23. The maximum Gasteiger partial charge on any atom is 0.161 e. The average molecular weight is 482 g/mol. The van der Waals surface area contributed by atoms with Crippen molar-refractivity contribution in [2.45, 2.75) is 18.3 Å². The first kappa shape index (κ1) is 19.4. The lowest BCUT2D eigenvalue weighted by Crippen LogP contribution is -2.27. The third kappa shape index (κ3) is 4.85. The average Bonchev–Trinajstić information content (AvgIpc) is 3.17. The molecule has 0 saturated carbocycles. The van der Waals surface area contributed by atoms with E-state index in [0.29, 0.717) is 5.25 Å². The van der Waals surface area contributed by atoms with Gasteiger partial charge in [0.15, 0.2) is 16.7 Å². The molecule has 4 nitrogen and oxygen atoms in total. The van der Waals surface area contributed by atoms with Crippen molar-refractivity contribution >= 4 is 39.5 Å². The van der Waals surface area contributed by atoms with Gasteiger partial charge in [-0.1, -0.05) is 70.8 Å². The monoisotopic (exact) mass is 482 g/mol. The van der Waals surface area contributed by atoms with E-state index in [1.807, 2.05) is 23.9 Å². The van der Waals surface area contributed by atoms with Gasteiger partial charge >= 0.3 is 0 Å². The predicted molar refractivity (Wildman–Crippen MR) is 118 cm³/mol. The first-order chi connectivity index (χ1) is 12.7. The lowest BCUT2D eigenvalue weighted by Gasteiger charge is -2.25. The van der Waals surface area contributed by atoms with E-state index in [2.05, 4.69) is 63.9 Å². The van der Waals surface area contributed by atoms with Crippen LogP contribution in [0.4, 0.5) is 0 Å². The Bertz CT molecular complexity index is 755. The zero-order valence-electron chi connectivity index (χ0n) is 15.0. The summed E-state index contributed by atoms with van der Waals surface area (Å²) >= 11 is 4.33. The van der Waals surface area contributed by atoms with Crippen LogP contribution >= 0.6 is 34.4 Å². The number of hydrogen-bond donors (Lipinski definition) is 0. The summed E-state index contributed by atoms with van der Waals surface area (Å²) in [6.45, 7) is 2.53. The van der Waals surface area contributed by atoms with Gasteiger partial charge in [0.2, 0.25) is 0 Å². The quantitative estimate of drug-likeness (QED) is 0.427. The van der Waals surface area contributed by atoms with Gasteiger partial charge in [0, 0.05) is 22.8 Å². The fourth-order valence-electron chi connectivity index (χ4n) is 2.85. The SMILES string of the molecule is COc1ccc(CN(Cc2ccccc2)C2=NCC(CI)S2)cc1OC. The Labute approximate surface area is 173 Å². The molecule has 3 rings (SSSR count). The molecule has 0 aromatic heterocycles. The summed E-state index contributed by atoms with van der Waals surface area (Å²) in [6.07, 6.45) is 0. The van der Waals surface area contributed by atoms with E-state index in [-0.39, 0.29) is 0 Å². The molecule has 1 unspecified atom stereocenters. The largest absolute Gasteiger partial charge is 0.493 e. The Hall–Kier alpha value is -1.41. The normalized spacial score (nSPS) is 16.3. The van der Waals surface area contributed by atoms with Gasteiger partial charge in [-0.05, 0) is 23.3 Å². The summed E-state index contributed by atoms with van der Waals surface area (Å²) in [4.78, 5) is 7.16. The van der Waals surface area contributed by atoms with Crippen LogP contribution in [0.3, 0.4) is 0 Å². The second-order valence-electron chi connectivity index (χ2n) is 6.05. The number of nitrogens with zero attached hydrogens (tertiary/aromatic N) is 2. The van der Waals surface area contributed by atoms with Gasteiger partial charge in [0.25, 0.3) is 0 Å². The van der Waals surface area contributed by atoms with Crippen molar-refractivity contribution in [3.63, 3.8) is 0 Å². The Morgan fingerprint density at radius 3 is 2.42 bits per heavy atom. The highest BCUT2D eigenvalue weighted by molar-refractivity contribution is 14.1. The number of thioether (sulfide) groups is 1. The van der Waals surface area contributed by atoms with Crippen molar-refractivity contribution < 1.29 is 9.47 Å². The smallest absolute Gasteiger partial charge is 0.161 e. The number of hydrogen-bond acceptors (Lipinski definition) is 5. The van der Waals surface area contributed by atoms with E-state index in [4.69, 9.17) is 14.5 Å². The van der Waals surface area contributed by atoms with Gasteiger partial charge in [-0.2, -0.15) is 0 Å². The van der Waals surface area contributed by atoms with Crippen molar-refractivity contribution in [1.82, 2.24) is 4.90 Å². The van der Waals surface area contributed by atoms with Crippen LogP contribution in [-0.2, 0) is 13.1 Å². The molecule has 1 aliphatic heterocycles. The number of benzene rings is 2. The second-order valence-corrected chi connectivity index (χ2v) is 8.20. The third-order valence-corrected chi connectivity index (χ3v) is 7.09. The molecule has 138 valence electrons. The van der Waals surface area contributed by atoms with Crippen LogP contribution in [0, 0.1) is 0 Å². The highest BCUT2D eigenvalue weighted by Crippen LogP contribution is 2.30. The van der Waals surface area contributed by atoms with Crippen LogP contribution in [0.15, 0.2) is 53.5 Å². The van der Waals surface area contributed by atoms with Crippen LogP contribution in [0.25, 0.3) is 0 Å². The summed E-state index contributed by atoms with van der Waals surface area (Å²) < 4.78 is 11.9. The standard InChI is InChI=1S/C20H23IN2O2S/c1-24-18-9-8-16(10-19(18)25-2)14-23(13-15-6-4-3-5-7-15)20-22-12-17(11-21)26-20/h3-10,17H,11-14H2,1-2H3. The van der Waals surface area contributed by atoms with Crippen molar-refractivity contribution in [2.24, 2.45) is 4.99 Å². The first-order valence-corrected chi connectivity index (χ1v) is 10.9. The Balaban J connectivity index is 1.81. The van der Waals surface area contributed by atoms with Gasteiger partial charge in [-0.3, -0.25) is 4.99 Å². The minimum absolute atomic E-state index is 0.578. The molecule has 1 aliphatic rings. The van der Waals surface area contributed by atoms with E-state index in [1.54, 1.807) is 14.2 Å². The molecule has 0 radical (unpaired) electrons. The molecule has 0 spiro atoms. The molecule has 26 heavy (non-hydrogen) atoms. The van der Waals surface area contributed by atoms with Crippen molar-refractivity contribution in [3.8, 4) is 11.5 Å². The van der Waals surface area contributed by atoms with Gasteiger partial charge in [0.1, 0.15) is 0 Å². The maximum atomic E-state index is 5.46. The first-order valence-electron chi connectivity index (χ1n) is 8.50. The fraction of sp³-hybridized carbons (Fsp3) is 0.350. The molecule has 0 N–H and O–H groups in total. The van der Waals surface area contributed by atoms with Gasteiger partial charge in [-0.15, -0.1) is 0 Å². The van der Waals surface area contributed by atoms with Crippen molar-refractivity contribution in [3.05, 3.63) is 59.7 Å². The van der Waals surface area contributed by atoms with Gasteiger partial charge < -0.3 is 14.4 Å². The zero-order chi connectivity index (χ0) is 18.4. The molecule has 0 fully saturated rings. The lowest BCUT2D eigenvalue weighted by molar-refractivity contribution is 0.353. The summed E-state index contributed by atoms with van der Waals surface area (Å²) in [5.74, 6) is 1.51. The van der Waals surface area contributed by atoms with E-state index in [1.165, 1.54) is 11.1 Å². The van der Waals surface area contributed by atoms with E-state index < -0.39 is 0 Å². The number of alkyl halides is 1. The number of halogens is 1. The van der Waals surface area contributed by atoms with E-state index >= 15 is 0 Å². The molecular weight excluding hydrogens is 459 g/mol. The van der Waals surface area contributed by atoms with E-state index in [0.717, 1.165) is 40.7 Å². The number of methoxy groups -OCH3 is 2. The molecule has 0 saturated heterocycles. The molecule has 0 amide bonds. The third-order valence-electron chi connectivity index (χ3n) is 4.18. The maximum absolute atomic E-state index is 5.46. The summed E-state index contributed by atoms with van der Waals surface area (Å²) in [5.41, 5.74) is 2.47. The molecule has 6 heteroatoms. The Morgan fingerprint density at radius 1 is 1.04 bits per heavy atom. The lowest BCUT2D eigenvalue weighted by atomic mass is 10.1. The fourth-order valence-corrected chi connectivity index (χ4v) is 4.61. The molecule has 0 aliphatic carbocycles. The van der Waals surface area contributed by atoms with Crippen LogP contribution in [0.1, 0.15) is 11.1 Å². The summed E-state index contributed by atoms with van der Waals surface area (Å²) in [5, 5.41) is 1.71. The van der Waals surface area contributed by atoms with Gasteiger partial charge in [0.05, 0.1) is 20.8 Å². The van der Waals surface area contributed by atoms with Crippen molar-refractivity contribution in [2.75, 3.05) is 25.2 Å². The number of aliphatic imine (C=N–C) groups is 1. The minimum Gasteiger partial charge on any atom is -0.493 e. The highest BCUT2D eigenvalue weighted by atomic mass is 127. The summed E-state index contributed by atoms with van der Waals surface area (Å²) in [6, 6.07) is 16.7. The molecule has 1 heterocycles. The number of ether oxygens (including phenoxy) is 2. The van der Waals surface area contributed by atoms with E-state index in [9.17, 15) is 0 Å². The summed E-state index contributed by atoms with van der Waals surface area (Å²) in [7, 11) is 3.33. The molecule has 2 aromatic rings. The van der Waals surface area contributed by atoms with Crippen LogP contribution in [-0.4, -0.2) is 40.5 Å². The number of rotatable bonds is 7. The molecular formula is C20H23IN2O2S. The van der Waals surface area contributed by atoms with Crippen LogP contribution in [0.5, 0.6) is 11.5 Å². The molecule has 1 atom stereocenters. The topological polar surface area (TPSA) is 34.1 Å². The minimum atomic E-state index is 0.578. The van der Waals surface area contributed by atoms with Gasteiger partial charge in [-0.25, -0.2) is 0 Å². The molecule has 2 aromatic carbocycles. The number of amidine groups is 1. The molecule has 0 bridgehead atoms.